The lowest BCUT2D eigenvalue weighted by molar-refractivity contribution is -0.140. The fraction of sp³-hybridized carbons (Fsp3) is 0.200. The predicted octanol–water partition coefficient (Wildman–Crippen LogP) is 3.53. The molecule has 130 valence electrons. The first kappa shape index (κ1) is 18.3. The number of ether oxygens (including phenoxy) is 3. The summed E-state index contributed by atoms with van der Waals surface area (Å²) in [4.78, 5) is 24.1. The Kier molecular flexibility index (Phi) is 6.34. The van der Waals surface area contributed by atoms with E-state index >= 15 is 0 Å². The number of carbonyl (C=O) groups is 2. The molecule has 0 saturated carbocycles. The third-order valence-electron chi connectivity index (χ3n) is 3.56. The molecule has 0 radical (unpaired) electrons. The molecule has 2 aromatic carbocycles. The summed E-state index contributed by atoms with van der Waals surface area (Å²) in [6.45, 7) is 1.55. The number of Topliss-reactive ketones (excluding diaryl/α,β-unsaturated/α-hetero) is 1. The molecule has 25 heavy (non-hydrogen) atoms. The van der Waals surface area contributed by atoms with Crippen LogP contribution in [0.15, 0.2) is 54.6 Å². The summed E-state index contributed by atoms with van der Waals surface area (Å²) in [5.74, 6) is 0.370. The Morgan fingerprint density at radius 1 is 1.00 bits per heavy atom. The van der Waals surface area contributed by atoms with E-state index in [1.807, 2.05) is 6.07 Å². The summed E-state index contributed by atoms with van der Waals surface area (Å²) >= 11 is 0. The Hall–Kier alpha value is -3.08. The topological polar surface area (TPSA) is 61.8 Å². The maximum atomic E-state index is 12.2. The molecule has 0 saturated heterocycles. The van der Waals surface area contributed by atoms with Crippen LogP contribution in [0.25, 0.3) is 6.08 Å². The van der Waals surface area contributed by atoms with Crippen LogP contribution in [0.5, 0.6) is 11.5 Å². The number of methoxy groups -OCH3 is 2. The Labute approximate surface area is 146 Å². The Morgan fingerprint density at radius 3 is 2.36 bits per heavy atom. The second kappa shape index (κ2) is 8.68. The van der Waals surface area contributed by atoms with Gasteiger partial charge in [0.1, 0.15) is 11.5 Å². The highest BCUT2D eigenvalue weighted by Gasteiger charge is 2.18. The first-order chi connectivity index (χ1) is 12.0. The Balaban J connectivity index is 2.02. The minimum atomic E-state index is -0.864. The van der Waals surface area contributed by atoms with Crippen molar-refractivity contribution in [3.8, 4) is 11.5 Å². The zero-order chi connectivity index (χ0) is 18.2. The van der Waals surface area contributed by atoms with Crippen molar-refractivity contribution in [2.45, 2.75) is 13.0 Å². The molecule has 5 nitrogen and oxygen atoms in total. The van der Waals surface area contributed by atoms with Crippen molar-refractivity contribution in [2.24, 2.45) is 0 Å². The SMILES string of the molecule is COc1ccc(C=CC(=O)OC(C)C(=O)c2ccccc2)c(OC)c1. The number of hydrogen-bond donors (Lipinski definition) is 0. The number of esters is 1. The summed E-state index contributed by atoms with van der Waals surface area (Å²) in [7, 11) is 3.10. The molecule has 0 aliphatic carbocycles. The van der Waals surface area contributed by atoms with Crippen LogP contribution in [-0.2, 0) is 9.53 Å². The monoisotopic (exact) mass is 340 g/mol. The molecule has 0 aliphatic rings. The summed E-state index contributed by atoms with van der Waals surface area (Å²) in [6.07, 6.45) is 1.97. The molecule has 2 aromatic rings. The third-order valence-corrected chi connectivity index (χ3v) is 3.56. The van der Waals surface area contributed by atoms with E-state index in [9.17, 15) is 9.59 Å². The molecule has 0 fully saturated rings. The van der Waals surface area contributed by atoms with Gasteiger partial charge in [0.05, 0.1) is 14.2 Å². The summed E-state index contributed by atoms with van der Waals surface area (Å²) in [5, 5.41) is 0. The van der Waals surface area contributed by atoms with Crippen LogP contribution in [0.1, 0.15) is 22.8 Å². The van der Waals surface area contributed by atoms with E-state index in [-0.39, 0.29) is 5.78 Å². The zero-order valence-corrected chi connectivity index (χ0v) is 14.4. The maximum absolute atomic E-state index is 12.2. The molecular weight excluding hydrogens is 320 g/mol. The smallest absolute Gasteiger partial charge is 0.331 e. The number of hydrogen-bond acceptors (Lipinski definition) is 5. The standard InChI is InChI=1S/C20H20O5/c1-14(20(22)16-7-5-4-6-8-16)25-19(21)12-10-15-9-11-17(23-2)13-18(15)24-3/h4-14H,1-3H3. The van der Waals surface area contributed by atoms with Crippen LogP contribution in [-0.4, -0.2) is 32.1 Å². The zero-order valence-electron chi connectivity index (χ0n) is 14.4. The van der Waals surface area contributed by atoms with E-state index in [2.05, 4.69) is 0 Å². The van der Waals surface area contributed by atoms with Crippen molar-refractivity contribution >= 4 is 17.8 Å². The van der Waals surface area contributed by atoms with Crippen LogP contribution in [0.3, 0.4) is 0 Å². The highest BCUT2D eigenvalue weighted by atomic mass is 16.5. The largest absolute Gasteiger partial charge is 0.497 e. The quantitative estimate of drug-likeness (QED) is 0.438. The lowest BCUT2D eigenvalue weighted by Gasteiger charge is -2.11. The third kappa shape index (κ3) is 4.94. The van der Waals surface area contributed by atoms with Gasteiger partial charge in [-0.15, -0.1) is 0 Å². The Bertz CT molecular complexity index is 765. The molecule has 1 unspecified atom stereocenters. The fourth-order valence-electron chi connectivity index (χ4n) is 2.22. The van der Waals surface area contributed by atoms with Crippen molar-refractivity contribution in [1.82, 2.24) is 0 Å². The second-order valence-electron chi connectivity index (χ2n) is 5.25. The van der Waals surface area contributed by atoms with Crippen LogP contribution < -0.4 is 9.47 Å². The summed E-state index contributed by atoms with van der Waals surface area (Å²) in [5.41, 5.74) is 1.20. The van der Waals surface area contributed by atoms with E-state index in [4.69, 9.17) is 14.2 Å². The molecule has 0 spiro atoms. The van der Waals surface area contributed by atoms with E-state index in [1.54, 1.807) is 62.6 Å². The lowest BCUT2D eigenvalue weighted by Crippen LogP contribution is -2.23. The van der Waals surface area contributed by atoms with Crippen molar-refractivity contribution in [2.75, 3.05) is 14.2 Å². The average Bonchev–Trinajstić information content (AvgIpc) is 2.66. The van der Waals surface area contributed by atoms with Crippen molar-refractivity contribution in [3.63, 3.8) is 0 Å². The van der Waals surface area contributed by atoms with Gasteiger partial charge < -0.3 is 14.2 Å². The van der Waals surface area contributed by atoms with Gasteiger partial charge in [0.2, 0.25) is 5.78 Å². The van der Waals surface area contributed by atoms with Gasteiger partial charge in [-0.2, -0.15) is 0 Å². The average molecular weight is 340 g/mol. The predicted molar refractivity (Wildman–Crippen MR) is 94.9 cm³/mol. The fourth-order valence-corrected chi connectivity index (χ4v) is 2.22. The maximum Gasteiger partial charge on any atom is 0.331 e. The van der Waals surface area contributed by atoms with Gasteiger partial charge in [0.15, 0.2) is 6.10 Å². The van der Waals surface area contributed by atoms with Crippen LogP contribution in [0.4, 0.5) is 0 Å². The molecule has 2 rings (SSSR count). The van der Waals surface area contributed by atoms with Crippen molar-refractivity contribution < 1.29 is 23.8 Å². The van der Waals surface area contributed by atoms with Crippen LogP contribution in [0.2, 0.25) is 0 Å². The summed E-state index contributed by atoms with van der Waals surface area (Å²) in [6, 6.07) is 13.9. The molecule has 0 N–H and O–H groups in total. The van der Waals surface area contributed by atoms with Gasteiger partial charge in [0.25, 0.3) is 0 Å². The molecule has 0 bridgehead atoms. The van der Waals surface area contributed by atoms with Gasteiger partial charge in [0, 0.05) is 23.3 Å². The highest BCUT2D eigenvalue weighted by Crippen LogP contribution is 2.25. The number of ketones is 1. The number of rotatable bonds is 7. The van der Waals surface area contributed by atoms with E-state index in [0.29, 0.717) is 22.6 Å². The van der Waals surface area contributed by atoms with E-state index in [0.717, 1.165) is 0 Å². The van der Waals surface area contributed by atoms with Crippen LogP contribution >= 0.6 is 0 Å². The lowest BCUT2D eigenvalue weighted by atomic mass is 10.1. The molecule has 0 aliphatic heterocycles. The number of benzene rings is 2. The van der Waals surface area contributed by atoms with Gasteiger partial charge >= 0.3 is 5.97 Å². The van der Waals surface area contributed by atoms with E-state index in [1.165, 1.54) is 13.2 Å². The molecule has 5 heteroatoms. The molecule has 0 amide bonds. The normalized spacial score (nSPS) is 11.8. The minimum Gasteiger partial charge on any atom is -0.497 e. The van der Waals surface area contributed by atoms with Gasteiger partial charge in [-0.05, 0) is 25.1 Å². The van der Waals surface area contributed by atoms with Gasteiger partial charge in [-0.1, -0.05) is 30.3 Å². The van der Waals surface area contributed by atoms with E-state index < -0.39 is 12.1 Å². The van der Waals surface area contributed by atoms with Crippen molar-refractivity contribution in [1.29, 1.82) is 0 Å². The summed E-state index contributed by atoms with van der Waals surface area (Å²) < 4.78 is 15.6. The Morgan fingerprint density at radius 2 is 1.72 bits per heavy atom. The van der Waals surface area contributed by atoms with Crippen LogP contribution in [0, 0.1) is 0 Å². The molecule has 0 heterocycles. The minimum absolute atomic E-state index is 0.246. The first-order valence-electron chi connectivity index (χ1n) is 7.75. The second-order valence-corrected chi connectivity index (χ2v) is 5.25. The molecule has 1 atom stereocenters. The van der Waals surface area contributed by atoms with Gasteiger partial charge in [-0.25, -0.2) is 4.79 Å². The highest BCUT2D eigenvalue weighted by molar-refractivity contribution is 6.01. The van der Waals surface area contributed by atoms with Crippen molar-refractivity contribution in [3.05, 3.63) is 65.7 Å². The first-order valence-corrected chi connectivity index (χ1v) is 7.75. The van der Waals surface area contributed by atoms with Gasteiger partial charge in [-0.3, -0.25) is 4.79 Å². The number of carbonyl (C=O) groups excluding carboxylic acids is 2. The molecule has 0 aromatic heterocycles. The molecular formula is C20H20O5.